The summed E-state index contributed by atoms with van der Waals surface area (Å²) in [6, 6.07) is 4.29. The zero-order valence-corrected chi connectivity index (χ0v) is 11.4. The Morgan fingerprint density at radius 3 is 2.89 bits per heavy atom. The number of benzene rings is 1. The van der Waals surface area contributed by atoms with E-state index in [0.717, 1.165) is 0 Å². The van der Waals surface area contributed by atoms with Crippen LogP contribution in [0.3, 0.4) is 0 Å². The van der Waals surface area contributed by atoms with Gasteiger partial charge in [0.1, 0.15) is 18.0 Å². The molecule has 0 N–H and O–H groups in total. The predicted molar refractivity (Wildman–Crippen MR) is 69.9 cm³/mol. The van der Waals surface area contributed by atoms with Crippen LogP contribution in [0.15, 0.2) is 24.5 Å². The maximum Gasteiger partial charge on any atom is 0.172 e. The van der Waals surface area contributed by atoms with Crippen LogP contribution in [0.1, 0.15) is 36.1 Å². The first-order valence-electron chi connectivity index (χ1n) is 5.86. The fourth-order valence-corrected chi connectivity index (χ4v) is 2.02. The molecular formula is C13H13ClFN3O. The topological polar surface area (TPSA) is 47.8 Å². The van der Waals surface area contributed by atoms with Gasteiger partial charge in [-0.05, 0) is 26.0 Å². The van der Waals surface area contributed by atoms with Gasteiger partial charge in [0.25, 0.3) is 0 Å². The van der Waals surface area contributed by atoms with Crippen molar-refractivity contribution in [2.75, 3.05) is 0 Å². The molecule has 0 bridgehead atoms. The summed E-state index contributed by atoms with van der Waals surface area (Å²) in [5.74, 6) is -0.336. The van der Waals surface area contributed by atoms with Crippen molar-refractivity contribution < 1.29 is 9.18 Å². The van der Waals surface area contributed by atoms with Crippen LogP contribution in [0.4, 0.5) is 4.39 Å². The van der Waals surface area contributed by atoms with E-state index in [1.54, 1.807) is 4.68 Å². The Balaban J connectivity index is 2.26. The largest absolute Gasteiger partial charge is 0.294 e. The van der Waals surface area contributed by atoms with Crippen LogP contribution >= 0.6 is 11.6 Å². The summed E-state index contributed by atoms with van der Waals surface area (Å²) in [6.07, 6.45) is 1.44. The molecule has 4 nitrogen and oxygen atoms in total. The van der Waals surface area contributed by atoms with E-state index in [4.69, 9.17) is 11.6 Å². The number of hydrogen-bond acceptors (Lipinski definition) is 3. The lowest BCUT2D eigenvalue weighted by atomic mass is 10.1. The standard InChI is InChI=1S/C13H13ClFN3O/c1-8(2)18-12(16-7-17-18)6-11(19)9-4-3-5-10(15)13(9)14/h3-5,7-8H,6H2,1-2H3. The molecule has 0 spiro atoms. The highest BCUT2D eigenvalue weighted by molar-refractivity contribution is 6.34. The molecule has 0 aliphatic carbocycles. The third kappa shape index (κ3) is 2.81. The van der Waals surface area contributed by atoms with Crippen molar-refractivity contribution >= 4 is 17.4 Å². The second-order valence-corrected chi connectivity index (χ2v) is 4.79. The molecule has 0 fully saturated rings. The van der Waals surface area contributed by atoms with Gasteiger partial charge in [-0.25, -0.2) is 14.1 Å². The summed E-state index contributed by atoms with van der Waals surface area (Å²) in [6.45, 7) is 3.88. The van der Waals surface area contributed by atoms with Crippen LogP contribution in [-0.2, 0) is 6.42 Å². The predicted octanol–water partition coefficient (Wildman–Crippen LogP) is 3.08. The Hall–Kier alpha value is -1.75. The number of nitrogens with zero attached hydrogens (tertiary/aromatic N) is 3. The van der Waals surface area contributed by atoms with Gasteiger partial charge in [0, 0.05) is 11.6 Å². The minimum atomic E-state index is -0.599. The van der Waals surface area contributed by atoms with Gasteiger partial charge in [0.15, 0.2) is 5.78 Å². The van der Waals surface area contributed by atoms with Crippen molar-refractivity contribution in [1.29, 1.82) is 0 Å². The lowest BCUT2D eigenvalue weighted by Crippen LogP contribution is -2.13. The maximum atomic E-state index is 13.3. The van der Waals surface area contributed by atoms with Gasteiger partial charge < -0.3 is 0 Å². The average molecular weight is 282 g/mol. The molecule has 0 atom stereocenters. The van der Waals surface area contributed by atoms with Crippen LogP contribution < -0.4 is 0 Å². The highest BCUT2D eigenvalue weighted by atomic mass is 35.5. The zero-order valence-electron chi connectivity index (χ0n) is 10.6. The van der Waals surface area contributed by atoms with Crippen LogP contribution in [0, 0.1) is 5.82 Å². The van der Waals surface area contributed by atoms with Crippen molar-refractivity contribution in [3.63, 3.8) is 0 Å². The second kappa shape index (κ2) is 5.48. The third-order valence-electron chi connectivity index (χ3n) is 2.71. The normalized spacial score (nSPS) is 11.0. The highest BCUT2D eigenvalue weighted by Gasteiger charge is 2.17. The molecule has 0 saturated heterocycles. The Labute approximate surface area is 115 Å². The van der Waals surface area contributed by atoms with E-state index < -0.39 is 5.82 Å². The number of rotatable bonds is 4. The van der Waals surface area contributed by atoms with Gasteiger partial charge in [-0.1, -0.05) is 17.7 Å². The Morgan fingerprint density at radius 2 is 2.21 bits per heavy atom. The fourth-order valence-electron chi connectivity index (χ4n) is 1.79. The quantitative estimate of drug-likeness (QED) is 0.809. The van der Waals surface area contributed by atoms with E-state index in [-0.39, 0.29) is 28.8 Å². The monoisotopic (exact) mass is 281 g/mol. The van der Waals surface area contributed by atoms with Crippen molar-refractivity contribution in [3.8, 4) is 0 Å². The van der Waals surface area contributed by atoms with Crippen molar-refractivity contribution in [2.24, 2.45) is 0 Å². The summed E-state index contributed by atoms with van der Waals surface area (Å²) < 4.78 is 15.0. The SMILES string of the molecule is CC(C)n1ncnc1CC(=O)c1cccc(F)c1Cl. The van der Waals surface area contributed by atoms with Gasteiger partial charge >= 0.3 is 0 Å². The Bertz CT molecular complexity index is 610. The lowest BCUT2D eigenvalue weighted by Gasteiger charge is -2.09. The Kier molecular flexibility index (Phi) is 3.95. The van der Waals surface area contributed by atoms with Crippen LogP contribution in [0.5, 0.6) is 0 Å². The number of halogens is 2. The number of aromatic nitrogens is 3. The van der Waals surface area contributed by atoms with Crippen molar-refractivity contribution in [3.05, 3.63) is 46.8 Å². The fraction of sp³-hybridized carbons (Fsp3) is 0.308. The molecule has 19 heavy (non-hydrogen) atoms. The summed E-state index contributed by atoms with van der Waals surface area (Å²) in [5.41, 5.74) is 0.167. The van der Waals surface area contributed by atoms with E-state index in [1.807, 2.05) is 13.8 Å². The molecular weight excluding hydrogens is 269 g/mol. The molecule has 0 amide bonds. The number of carbonyl (C=O) groups excluding carboxylic acids is 1. The lowest BCUT2D eigenvalue weighted by molar-refractivity contribution is 0.0988. The molecule has 1 heterocycles. The minimum absolute atomic E-state index is 0.0430. The van der Waals surface area contributed by atoms with E-state index >= 15 is 0 Å². The number of Topliss-reactive ketones (excluding diaryl/α,β-unsaturated/α-hetero) is 1. The minimum Gasteiger partial charge on any atom is -0.294 e. The van der Waals surface area contributed by atoms with Gasteiger partial charge in [0.05, 0.1) is 11.4 Å². The number of carbonyl (C=O) groups is 1. The number of hydrogen-bond donors (Lipinski definition) is 0. The molecule has 2 rings (SSSR count). The molecule has 2 aromatic rings. The van der Waals surface area contributed by atoms with E-state index in [0.29, 0.717) is 5.82 Å². The third-order valence-corrected chi connectivity index (χ3v) is 3.09. The van der Waals surface area contributed by atoms with Gasteiger partial charge in [-0.2, -0.15) is 5.10 Å². The maximum absolute atomic E-state index is 13.3. The van der Waals surface area contributed by atoms with Gasteiger partial charge in [-0.3, -0.25) is 4.79 Å². The molecule has 0 saturated carbocycles. The first kappa shape index (κ1) is 13.7. The average Bonchev–Trinajstić information content (AvgIpc) is 2.80. The molecule has 0 unspecified atom stereocenters. The van der Waals surface area contributed by atoms with Crippen molar-refractivity contribution in [2.45, 2.75) is 26.3 Å². The van der Waals surface area contributed by atoms with Gasteiger partial charge in [-0.15, -0.1) is 0 Å². The summed E-state index contributed by atoms with van der Waals surface area (Å²) in [5, 5.41) is 3.90. The first-order chi connectivity index (χ1) is 9.00. The molecule has 1 aromatic carbocycles. The van der Waals surface area contributed by atoms with Crippen LogP contribution in [-0.4, -0.2) is 20.5 Å². The van der Waals surface area contributed by atoms with Crippen LogP contribution in [0.2, 0.25) is 5.02 Å². The first-order valence-corrected chi connectivity index (χ1v) is 6.24. The van der Waals surface area contributed by atoms with E-state index in [1.165, 1.54) is 24.5 Å². The van der Waals surface area contributed by atoms with Crippen LogP contribution in [0.25, 0.3) is 0 Å². The Morgan fingerprint density at radius 1 is 1.47 bits per heavy atom. The summed E-state index contributed by atoms with van der Waals surface area (Å²) >= 11 is 5.79. The van der Waals surface area contributed by atoms with E-state index in [9.17, 15) is 9.18 Å². The zero-order chi connectivity index (χ0) is 14.0. The van der Waals surface area contributed by atoms with Crippen molar-refractivity contribution in [1.82, 2.24) is 14.8 Å². The molecule has 0 radical (unpaired) electrons. The van der Waals surface area contributed by atoms with E-state index in [2.05, 4.69) is 10.1 Å². The molecule has 1 aromatic heterocycles. The smallest absolute Gasteiger partial charge is 0.172 e. The molecule has 0 aliphatic heterocycles. The summed E-state index contributed by atoms with van der Waals surface area (Å²) in [7, 11) is 0. The molecule has 0 aliphatic rings. The second-order valence-electron chi connectivity index (χ2n) is 4.42. The molecule has 6 heteroatoms. The highest BCUT2D eigenvalue weighted by Crippen LogP contribution is 2.21. The van der Waals surface area contributed by atoms with Gasteiger partial charge in [0.2, 0.25) is 0 Å². The number of ketones is 1. The summed E-state index contributed by atoms with van der Waals surface area (Å²) in [4.78, 5) is 16.2. The molecule has 100 valence electrons.